The molecule has 0 spiro atoms. The maximum atomic E-state index is 13.8. The number of nitrogens with zero attached hydrogens (tertiary/aromatic N) is 2. The van der Waals surface area contributed by atoms with Gasteiger partial charge in [-0.3, -0.25) is 4.57 Å². The van der Waals surface area contributed by atoms with Crippen LogP contribution in [0.4, 0.5) is 14.6 Å². The Morgan fingerprint density at radius 3 is 2.79 bits per heavy atom. The lowest BCUT2D eigenvalue weighted by Gasteiger charge is -2.21. The number of alkyl halides is 2. The summed E-state index contributed by atoms with van der Waals surface area (Å²) >= 11 is 0. The molecule has 0 aliphatic carbocycles. The Morgan fingerprint density at radius 1 is 1.63 bits per heavy atom. The van der Waals surface area contributed by atoms with Gasteiger partial charge in [0.05, 0.1) is 6.61 Å². The molecule has 19 heavy (non-hydrogen) atoms. The molecule has 0 saturated carbocycles. The number of halogens is 2. The maximum absolute atomic E-state index is 13.8. The van der Waals surface area contributed by atoms with Gasteiger partial charge in [-0.1, -0.05) is 0 Å². The predicted octanol–water partition coefficient (Wildman–Crippen LogP) is -1.59. The zero-order valence-electron chi connectivity index (χ0n) is 9.53. The molecule has 106 valence electrons. The Bertz CT molecular complexity index is 523. The second-order valence-corrected chi connectivity index (χ2v) is 3.98. The molecule has 2 heterocycles. The van der Waals surface area contributed by atoms with Crippen LogP contribution in [0.1, 0.15) is 6.23 Å². The van der Waals surface area contributed by atoms with E-state index in [-0.39, 0.29) is 5.82 Å². The van der Waals surface area contributed by atoms with E-state index in [9.17, 15) is 18.7 Å². The Kier molecular flexibility index (Phi) is 3.49. The van der Waals surface area contributed by atoms with Gasteiger partial charge in [0.15, 0.2) is 6.10 Å². The molecule has 0 radical (unpaired) electrons. The van der Waals surface area contributed by atoms with Crippen molar-refractivity contribution >= 4 is 5.82 Å². The molecule has 8 nitrogen and oxygen atoms in total. The van der Waals surface area contributed by atoms with E-state index in [1.54, 1.807) is 0 Å². The van der Waals surface area contributed by atoms with Crippen LogP contribution in [0.2, 0.25) is 0 Å². The molecule has 1 fully saturated rings. The molecule has 0 unspecified atom stereocenters. The van der Waals surface area contributed by atoms with E-state index in [0.29, 0.717) is 4.57 Å². The summed E-state index contributed by atoms with van der Waals surface area (Å²) in [7, 11) is 0. The quantitative estimate of drug-likeness (QED) is 0.388. The van der Waals surface area contributed by atoms with E-state index in [4.69, 9.17) is 15.7 Å². The van der Waals surface area contributed by atoms with Crippen LogP contribution < -0.4 is 17.0 Å². The molecule has 1 aromatic heterocycles. The van der Waals surface area contributed by atoms with Gasteiger partial charge in [-0.05, 0) is 6.07 Å². The van der Waals surface area contributed by atoms with E-state index in [2.05, 4.69) is 10.4 Å². The van der Waals surface area contributed by atoms with Crippen molar-refractivity contribution in [2.24, 2.45) is 5.84 Å². The fraction of sp³-hybridized carbons (Fsp3) is 0.556. The van der Waals surface area contributed by atoms with Crippen LogP contribution in [0.3, 0.4) is 0 Å². The van der Waals surface area contributed by atoms with E-state index >= 15 is 0 Å². The Hall–Kier alpha value is -1.62. The van der Waals surface area contributed by atoms with Crippen molar-refractivity contribution in [2.75, 3.05) is 12.0 Å². The summed E-state index contributed by atoms with van der Waals surface area (Å²) in [5.74, 6) is 1.30. The standard InChI is InChI=1S/C9H12F2N4O4/c10-9(11)6(17)4(3-16)19-7(9)15-2-1-5(14-12)13-8(15)18/h1-2,4,6-7,16-17H,3,12H2,(H,13,14,18)/t4-,6-,7-/m1/s1. The third-order valence-electron chi connectivity index (χ3n) is 2.79. The van der Waals surface area contributed by atoms with Crippen molar-refractivity contribution in [3.05, 3.63) is 22.7 Å². The first-order chi connectivity index (χ1) is 8.91. The molecule has 10 heteroatoms. The zero-order valence-corrected chi connectivity index (χ0v) is 9.53. The third-order valence-corrected chi connectivity index (χ3v) is 2.79. The van der Waals surface area contributed by atoms with Gasteiger partial charge < -0.3 is 20.4 Å². The number of nitrogen functional groups attached to an aromatic ring is 1. The summed E-state index contributed by atoms with van der Waals surface area (Å²) in [6.45, 7) is -0.794. The van der Waals surface area contributed by atoms with Crippen LogP contribution in [0, 0.1) is 0 Å². The molecule has 1 saturated heterocycles. The fourth-order valence-corrected chi connectivity index (χ4v) is 1.79. The highest BCUT2D eigenvalue weighted by molar-refractivity contribution is 5.29. The summed E-state index contributed by atoms with van der Waals surface area (Å²) < 4.78 is 32.9. The minimum Gasteiger partial charge on any atom is -0.394 e. The van der Waals surface area contributed by atoms with Gasteiger partial charge in [-0.15, -0.1) is 0 Å². The number of aliphatic hydroxyl groups is 2. The molecule has 1 aliphatic heterocycles. The zero-order chi connectivity index (χ0) is 14.2. The van der Waals surface area contributed by atoms with Crippen molar-refractivity contribution in [1.82, 2.24) is 9.55 Å². The number of aromatic nitrogens is 2. The number of hydrogen-bond donors (Lipinski definition) is 4. The van der Waals surface area contributed by atoms with Gasteiger partial charge in [0, 0.05) is 6.20 Å². The normalized spacial score (nSPS) is 29.4. The lowest BCUT2D eigenvalue weighted by Crippen LogP contribution is -2.41. The van der Waals surface area contributed by atoms with Gasteiger partial charge in [-0.25, -0.2) is 10.6 Å². The number of hydrazine groups is 1. The molecular formula is C9H12F2N4O4. The first kappa shape index (κ1) is 13.8. The molecular weight excluding hydrogens is 266 g/mol. The Morgan fingerprint density at radius 2 is 2.32 bits per heavy atom. The van der Waals surface area contributed by atoms with Crippen LogP contribution in [-0.2, 0) is 4.74 Å². The van der Waals surface area contributed by atoms with Crippen LogP contribution in [-0.4, -0.2) is 44.5 Å². The highest BCUT2D eigenvalue weighted by Gasteiger charge is 2.59. The molecule has 1 aromatic rings. The molecule has 3 atom stereocenters. The molecule has 0 bridgehead atoms. The number of nitrogens with one attached hydrogen (secondary N) is 1. The van der Waals surface area contributed by atoms with Gasteiger partial charge in [0.1, 0.15) is 11.9 Å². The third kappa shape index (κ3) is 2.18. The molecule has 5 N–H and O–H groups in total. The van der Waals surface area contributed by atoms with Crippen LogP contribution in [0.15, 0.2) is 17.1 Å². The molecule has 2 rings (SSSR count). The number of hydrogen-bond acceptors (Lipinski definition) is 7. The van der Waals surface area contributed by atoms with E-state index < -0.39 is 36.7 Å². The van der Waals surface area contributed by atoms with E-state index in [1.807, 2.05) is 0 Å². The van der Waals surface area contributed by atoms with Crippen molar-refractivity contribution in [3.8, 4) is 0 Å². The Labute approximate surface area is 105 Å². The number of anilines is 1. The first-order valence-electron chi connectivity index (χ1n) is 5.29. The van der Waals surface area contributed by atoms with Gasteiger partial charge in [0.25, 0.3) is 0 Å². The van der Waals surface area contributed by atoms with Gasteiger partial charge in [-0.2, -0.15) is 13.8 Å². The SMILES string of the molecule is NNc1ccn([C@@H]2O[C@H](CO)[C@@H](O)C2(F)F)c(=O)n1. The molecule has 1 aliphatic rings. The predicted molar refractivity (Wildman–Crippen MR) is 58.3 cm³/mol. The Balaban J connectivity index is 2.39. The highest BCUT2D eigenvalue weighted by Crippen LogP contribution is 2.41. The summed E-state index contributed by atoms with van der Waals surface area (Å²) in [5.41, 5.74) is 1.07. The van der Waals surface area contributed by atoms with Crippen molar-refractivity contribution in [2.45, 2.75) is 24.4 Å². The summed E-state index contributed by atoms with van der Waals surface area (Å²) in [6, 6.07) is 1.19. The summed E-state index contributed by atoms with van der Waals surface area (Å²) in [5, 5.41) is 18.2. The average Bonchev–Trinajstić information content (AvgIpc) is 2.61. The van der Waals surface area contributed by atoms with Crippen LogP contribution in [0.5, 0.6) is 0 Å². The smallest absolute Gasteiger partial charge is 0.351 e. The van der Waals surface area contributed by atoms with E-state index in [0.717, 1.165) is 6.20 Å². The summed E-state index contributed by atoms with van der Waals surface area (Å²) in [6.07, 6.45) is -4.71. The molecule has 0 amide bonds. The lowest BCUT2D eigenvalue weighted by molar-refractivity contribution is -0.140. The van der Waals surface area contributed by atoms with Crippen molar-refractivity contribution < 1.29 is 23.7 Å². The van der Waals surface area contributed by atoms with Crippen LogP contribution in [0.25, 0.3) is 0 Å². The number of aliphatic hydroxyl groups excluding tert-OH is 2. The van der Waals surface area contributed by atoms with Crippen molar-refractivity contribution in [1.29, 1.82) is 0 Å². The van der Waals surface area contributed by atoms with Crippen molar-refractivity contribution in [3.63, 3.8) is 0 Å². The van der Waals surface area contributed by atoms with E-state index in [1.165, 1.54) is 6.07 Å². The minimum absolute atomic E-state index is 0.00169. The topological polar surface area (TPSA) is 123 Å². The largest absolute Gasteiger partial charge is 0.394 e. The number of ether oxygens (including phenoxy) is 1. The monoisotopic (exact) mass is 278 g/mol. The minimum atomic E-state index is -3.73. The summed E-state index contributed by atoms with van der Waals surface area (Å²) in [4.78, 5) is 15.0. The average molecular weight is 278 g/mol. The van der Waals surface area contributed by atoms with Crippen LogP contribution >= 0.6 is 0 Å². The second-order valence-electron chi connectivity index (χ2n) is 3.98. The first-order valence-corrected chi connectivity index (χ1v) is 5.29. The molecule has 0 aromatic carbocycles. The van der Waals surface area contributed by atoms with Gasteiger partial charge >= 0.3 is 11.6 Å². The number of nitrogens with two attached hydrogens (primary N) is 1. The highest BCUT2D eigenvalue weighted by atomic mass is 19.3. The number of rotatable bonds is 3. The lowest BCUT2D eigenvalue weighted by atomic mass is 10.1. The second kappa shape index (κ2) is 4.81. The van der Waals surface area contributed by atoms with Gasteiger partial charge in [0.2, 0.25) is 6.23 Å². The maximum Gasteiger partial charge on any atom is 0.351 e. The fourth-order valence-electron chi connectivity index (χ4n) is 1.79.